The van der Waals surface area contributed by atoms with E-state index >= 15 is 0 Å². The molecule has 0 aromatic heterocycles. The fourth-order valence-electron chi connectivity index (χ4n) is 3.15. The first kappa shape index (κ1) is 29.2. The Hall–Kier alpha value is -0.823. The van der Waals surface area contributed by atoms with Crippen LogP contribution in [0.3, 0.4) is 0 Å². The molecule has 1 aromatic rings. The molecule has 184 valence electrons. The molecule has 0 unspecified atom stereocenters. The van der Waals surface area contributed by atoms with Crippen LogP contribution in [0.4, 0.5) is 0 Å². The molecule has 1 rings (SSSR count). The molecule has 0 aliphatic rings. The van der Waals surface area contributed by atoms with Gasteiger partial charge in [-0.1, -0.05) is 65.0 Å². The third-order valence-electron chi connectivity index (χ3n) is 6.53. The SMILES string of the molecule is COP(=O)(CC(=O)[C@H](C)[C@H](O[Si](C)(C)C(C)(C)C)[C@H](C)CCOCc1ccccc1)OC. The van der Waals surface area contributed by atoms with E-state index in [1.165, 1.54) is 14.2 Å². The van der Waals surface area contributed by atoms with Crippen molar-refractivity contribution in [2.45, 2.75) is 71.9 Å². The zero-order valence-electron chi connectivity index (χ0n) is 21.3. The van der Waals surface area contributed by atoms with Gasteiger partial charge in [0.05, 0.1) is 12.7 Å². The third-order valence-corrected chi connectivity index (χ3v) is 12.8. The van der Waals surface area contributed by atoms with Crippen LogP contribution in [0, 0.1) is 11.8 Å². The standard InChI is InChI=1S/C24H43O6PSi/c1-19(15-16-29-17-21-13-11-10-12-14-21)23(30-32(8,9)24(3,4)5)20(2)22(25)18-31(26,27-6)28-7/h10-14,19-20,23H,15-18H2,1-9H3/t19-,20+,23-/m1/s1. The van der Waals surface area contributed by atoms with Gasteiger partial charge in [-0.25, -0.2) is 0 Å². The van der Waals surface area contributed by atoms with Crippen molar-refractivity contribution < 1.29 is 27.6 Å². The molecular weight excluding hydrogens is 443 g/mol. The molecular formula is C24H43O6PSi. The van der Waals surface area contributed by atoms with E-state index in [4.69, 9.17) is 18.2 Å². The van der Waals surface area contributed by atoms with Gasteiger partial charge in [-0.3, -0.25) is 9.36 Å². The molecule has 0 bridgehead atoms. The molecule has 0 N–H and O–H groups in total. The van der Waals surface area contributed by atoms with Crippen LogP contribution < -0.4 is 0 Å². The molecule has 0 fully saturated rings. The maximum atomic E-state index is 13.0. The lowest BCUT2D eigenvalue weighted by Gasteiger charge is -2.42. The first-order valence-electron chi connectivity index (χ1n) is 11.3. The van der Waals surface area contributed by atoms with Crippen LogP contribution in [-0.2, 0) is 34.2 Å². The van der Waals surface area contributed by atoms with E-state index in [0.29, 0.717) is 13.2 Å². The highest BCUT2D eigenvalue weighted by Gasteiger charge is 2.43. The molecule has 0 spiro atoms. The van der Waals surface area contributed by atoms with E-state index in [9.17, 15) is 9.36 Å². The Balaban J connectivity index is 2.90. The number of benzene rings is 1. The lowest BCUT2D eigenvalue weighted by Crippen LogP contribution is -2.49. The summed E-state index contributed by atoms with van der Waals surface area (Å²) in [5, 5.41) is 0.00585. The van der Waals surface area contributed by atoms with Crippen LogP contribution in [0.2, 0.25) is 18.1 Å². The number of rotatable bonds is 14. The molecule has 1 aromatic carbocycles. The number of ketones is 1. The highest BCUT2D eigenvalue weighted by molar-refractivity contribution is 7.54. The first-order chi connectivity index (χ1) is 14.8. The molecule has 0 aliphatic carbocycles. The Kier molecular flexibility index (Phi) is 11.5. The highest BCUT2D eigenvalue weighted by atomic mass is 31.2. The van der Waals surface area contributed by atoms with Gasteiger partial charge in [0, 0.05) is 26.7 Å². The van der Waals surface area contributed by atoms with E-state index in [2.05, 4.69) is 40.8 Å². The molecule has 32 heavy (non-hydrogen) atoms. The Bertz CT molecular complexity index is 739. The monoisotopic (exact) mass is 486 g/mol. The lowest BCUT2D eigenvalue weighted by atomic mass is 9.89. The summed E-state index contributed by atoms with van der Waals surface area (Å²) in [6.07, 6.45) is 0.206. The molecule has 0 radical (unpaired) electrons. The van der Waals surface area contributed by atoms with E-state index in [-0.39, 0.29) is 29.0 Å². The van der Waals surface area contributed by atoms with Crippen LogP contribution in [0.25, 0.3) is 0 Å². The Morgan fingerprint density at radius 1 is 1.06 bits per heavy atom. The fourth-order valence-corrected chi connectivity index (χ4v) is 5.69. The minimum absolute atomic E-state index is 0.00585. The van der Waals surface area contributed by atoms with Crippen molar-refractivity contribution in [1.29, 1.82) is 0 Å². The van der Waals surface area contributed by atoms with E-state index < -0.39 is 21.8 Å². The average Bonchev–Trinajstić information content (AvgIpc) is 2.74. The van der Waals surface area contributed by atoms with Gasteiger partial charge in [0.15, 0.2) is 8.32 Å². The number of carbonyl (C=O) groups excluding carboxylic acids is 1. The molecule has 0 amide bonds. The lowest BCUT2D eigenvalue weighted by molar-refractivity contribution is -0.124. The van der Waals surface area contributed by atoms with Crippen molar-refractivity contribution in [2.75, 3.05) is 27.0 Å². The minimum atomic E-state index is -3.42. The molecule has 8 heteroatoms. The number of hydrogen-bond donors (Lipinski definition) is 0. The Labute approximate surface area is 196 Å². The number of ether oxygens (including phenoxy) is 1. The van der Waals surface area contributed by atoms with Crippen LogP contribution >= 0.6 is 7.60 Å². The zero-order chi connectivity index (χ0) is 24.6. The second kappa shape index (κ2) is 12.6. The van der Waals surface area contributed by atoms with Gasteiger partial charge in [0.2, 0.25) is 0 Å². The predicted molar refractivity (Wildman–Crippen MR) is 133 cm³/mol. The summed E-state index contributed by atoms with van der Waals surface area (Å²) in [6, 6.07) is 10.1. The summed E-state index contributed by atoms with van der Waals surface area (Å²) in [6.45, 7) is 16.0. The molecule has 0 aliphatic heterocycles. The van der Waals surface area contributed by atoms with Crippen LogP contribution in [0.15, 0.2) is 30.3 Å². The van der Waals surface area contributed by atoms with E-state index in [1.807, 2.05) is 37.3 Å². The molecule has 0 heterocycles. The largest absolute Gasteiger partial charge is 0.413 e. The van der Waals surface area contributed by atoms with Gasteiger partial charge < -0.3 is 18.2 Å². The van der Waals surface area contributed by atoms with Gasteiger partial charge >= 0.3 is 7.60 Å². The van der Waals surface area contributed by atoms with Gasteiger partial charge in [0.25, 0.3) is 0 Å². The van der Waals surface area contributed by atoms with Crippen LogP contribution in [-0.4, -0.2) is 47.2 Å². The Morgan fingerprint density at radius 2 is 1.62 bits per heavy atom. The second-order valence-electron chi connectivity index (χ2n) is 10.0. The maximum absolute atomic E-state index is 13.0. The normalized spacial score (nSPS) is 15.9. The summed E-state index contributed by atoms with van der Waals surface area (Å²) in [5.41, 5.74) is 1.13. The summed E-state index contributed by atoms with van der Waals surface area (Å²) in [4.78, 5) is 13.0. The van der Waals surface area contributed by atoms with E-state index in [1.54, 1.807) is 0 Å². The number of carbonyl (C=O) groups is 1. The smallest absolute Gasteiger partial charge is 0.337 e. The van der Waals surface area contributed by atoms with Crippen molar-refractivity contribution in [3.05, 3.63) is 35.9 Å². The second-order valence-corrected chi connectivity index (χ2v) is 17.1. The quantitative estimate of drug-likeness (QED) is 0.174. The summed E-state index contributed by atoms with van der Waals surface area (Å²) >= 11 is 0. The Morgan fingerprint density at radius 3 is 2.12 bits per heavy atom. The fraction of sp³-hybridized carbons (Fsp3) is 0.708. The number of hydrogen-bond acceptors (Lipinski definition) is 6. The maximum Gasteiger partial charge on any atom is 0.337 e. The van der Waals surface area contributed by atoms with E-state index in [0.717, 1.165) is 12.0 Å². The summed E-state index contributed by atoms with van der Waals surface area (Å²) in [5.74, 6) is -0.520. The minimum Gasteiger partial charge on any atom is -0.413 e. The zero-order valence-corrected chi connectivity index (χ0v) is 23.2. The predicted octanol–water partition coefficient (Wildman–Crippen LogP) is 6.31. The first-order valence-corrected chi connectivity index (χ1v) is 15.9. The van der Waals surface area contributed by atoms with Gasteiger partial charge in [-0.2, -0.15) is 0 Å². The van der Waals surface area contributed by atoms with Gasteiger partial charge in [0.1, 0.15) is 11.9 Å². The third kappa shape index (κ3) is 8.84. The molecule has 0 saturated heterocycles. The highest BCUT2D eigenvalue weighted by Crippen LogP contribution is 2.47. The molecule has 6 nitrogen and oxygen atoms in total. The van der Waals surface area contributed by atoms with Crippen molar-refractivity contribution >= 4 is 21.7 Å². The van der Waals surface area contributed by atoms with Crippen molar-refractivity contribution in [3.63, 3.8) is 0 Å². The molecule has 3 atom stereocenters. The van der Waals surface area contributed by atoms with Crippen LogP contribution in [0.1, 0.15) is 46.6 Å². The topological polar surface area (TPSA) is 71.1 Å². The van der Waals surface area contributed by atoms with Gasteiger partial charge in [-0.15, -0.1) is 0 Å². The van der Waals surface area contributed by atoms with Gasteiger partial charge in [-0.05, 0) is 36.0 Å². The van der Waals surface area contributed by atoms with Crippen LogP contribution in [0.5, 0.6) is 0 Å². The van der Waals surface area contributed by atoms with Crippen molar-refractivity contribution in [2.24, 2.45) is 11.8 Å². The molecule has 0 saturated carbocycles. The van der Waals surface area contributed by atoms with Crippen molar-refractivity contribution in [3.8, 4) is 0 Å². The summed E-state index contributed by atoms with van der Waals surface area (Å²) in [7, 11) is -2.95. The summed E-state index contributed by atoms with van der Waals surface area (Å²) < 4.78 is 35.1. The average molecular weight is 487 g/mol. The van der Waals surface area contributed by atoms with Crippen molar-refractivity contribution in [1.82, 2.24) is 0 Å². The number of Topliss-reactive ketones (excluding diaryl/α,β-unsaturated/α-hetero) is 1.